The van der Waals surface area contributed by atoms with Crippen molar-refractivity contribution in [3.63, 3.8) is 0 Å². The van der Waals surface area contributed by atoms with E-state index in [1.165, 1.54) is 38.8 Å². The first-order valence-corrected chi connectivity index (χ1v) is 12.6. The number of hydrogen-bond donors (Lipinski definition) is 0. The van der Waals surface area contributed by atoms with Gasteiger partial charge in [-0.15, -0.1) is 0 Å². The van der Waals surface area contributed by atoms with Crippen molar-refractivity contribution < 1.29 is 26.1 Å². The van der Waals surface area contributed by atoms with Crippen molar-refractivity contribution in [3.05, 3.63) is 77.7 Å². The highest BCUT2D eigenvalue weighted by molar-refractivity contribution is 7.98. The predicted molar refractivity (Wildman–Crippen MR) is 114 cm³/mol. The van der Waals surface area contributed by atoms with Crippen molar-refractivity contribution in [2.24, 2.45) is 0 Å². The van der Waals surface area contributed by atoms with Gasteiger partial charge in [0.2, 0.25) is 4.21 Å². The van der Waals surface area contributed by atoms with E-state index in [9.17, 15) is 13.2 Å². The first-order chi connectivity index (χ1) is 14.1. The van der Waals surface area contributed by atoms with Gasteiger partial charge in [-0.2, -0.15) is 13.2 Å². The molecule has 0 N–H and O–H groups in total. The molecule has 30 heavy (non-hydrogen) atoms. The van der Waals surface area contributed by atoms with Gasteiger partial charge >= 0.3 is 5.51 Å². The Balaban J connectivity index is 0.000000343. The van der Waals surface area contributed by atoms with Crippen LogP contribution in [-0.4, -0.2) is 18.5 Å². The van der Waals surface area contributed by atoms with Gasteiger partial charge in [0.05, 0.1) is 0 Å². The van der Waals surface area contributed by atoms with Crippen LogP contribution in [0, 0.1) is 0 Å². The van der Waals surface area contributed by atoms with Crippen LogP contribution in [0.15, 0.2) is 86.1 Å². The molecule has 0 atom stereocenters. The van der Waals surface area contributed by atoms with Crippen molar-refractivity contribution in [2.45, 2.75) is 45.7 Å². The largest absolute Gasteiger partial charge is 0.741 e. The smallest absolute Gasteiger partial charge is 0.485 e. The average molecular weight is 475 g/mol. The van der Waals surface area contributed by atoms with Crippen LogP contribution in [0.5, 0.6) is 0 Å². The van der Waals surface area contributed by atoms with E-state index >= 15 is 0 Å². The molecule has 9 heteroatoms. The second kappa shape index (κ2) is 11.0. The Morgan fingerprint density at radius 2 is 1.43 bits per heavy atom. The summed E-state index contributed by atoms with van der Waals surface area (Å²) in [6, 6.07) is 24.2. The predicted octanol–water partition coefficient (Wildman–Crippen LogP) is 6.24. The molecule has 3 rings (SSSR count). The number of rotatable bonds is 6. The van der Waals surface area contributed by atoms with Gasteiger partial charge in [-0.25, -0.2) is 8.42 Å². The third-order valence-electron chi connectivity index (χ3n) is 3.89. The Hall–Kier alpha value is -1.81. The highest BCUT2D eigenvalue weighted by Crippen LogP contribution is 2.35. The SMILES string of the molecule is CCCCc1csc([S+](c2ccccc2)c2ccccc2)c1.O=S(=O)([O-])C(F)(F)F. The molecule has 0 aliphatic carbocycles. The molecule has 1 aromatic heterocycles. The Kier molecular flexibility index (Phi) is 8.96. The summed E-state index contributed by atoms with van der Waals surface area (Å²) in [7, 11) is -6.07. The maximum absolute atomic E-state index is 10.7. The van der Waals surface area contributed by atoms with Gasteiger partial charge in [0.1, 0.15) is 10.9 Å². The quantitative estimate of drug-likeness (QED) is 0.241. The number of alkyl halides is 3. The van der Waals surface area contributed by atoms with Crippen molar-refractivity contribution in [1.82, 2.24) is 0 Å². The molecule has 0 fully saturated rings. The first-order valence-electron chi connectivity index (χ1n) is 9.07. The lowest BCUT2D eigenvalue weighted by Gasteiger charge is -2.08. The summed E-state index contributed by atoms with van der Waals surface area (Å²) in [6.45, 7) is 2.26. The Labute approximate surface area is 181 Å². The van der Waals surface area contributed by atoms with Crippen LogP contribution in [-0.2, 0) is 27.4 Å². The van der Waals surface area contributed by atoms with Crippen molar-refractivity contribution >= 4 is 32.3 Å². The molecule has 162 valence electrons. The summed E-state index contributed by atoms with van der Waals surface area (Å²) in [6.07, 6.45) is 3.74. The van der Waals surface area contributed by atoms with Gasteiger partial charge < -0.3 is 4.55 Å². The van der Waals surface area contributed by atoms with Crippen LogP contribution in [0.3, 0.4) is 0 Å². The summed E-state index contributed by atoms with van der Waals surface area (Å²) < 4.78 is 60.4. The van der Waals surface area contributed by atoms with E-state index in [0.29, 0.717) is 0 Å². The first kappa shape index (κ1) is 24.5. The fourth-order valence-electron chi connectivity index (χ4n) is 2.45. The van der Waals surface area contributed by atoms with Crippen LogP contribution < -0.4 is 0 Å². The van der Waals surface area contributed by atoms with Gasteiger partial charge in [0.15, 0.2) is 19.9 Å². The summed E-state index contributed by atoms with van der Waals surface area (Å²) in [5.41, 5.74) is -4.15. The standard InChI is InChI=1S/C20H21S2.CHF3O3S/c1-2-3-10-17-15-20(21-16-17)22(18-11-6-4-7-12-18)19-13-8-5-9-14-19;2-1(3,4)8(5,6)7/h4-9,11-16H,2-3,10H2,1H3;(H,5,6,7)/q+1;/p-1. The van der Waals surface area contributed by atoms with E-state index in [-0.39, 0.29) is 10.9 Å². The molecule has 0 radical (unpaired) electrons. The molecule has 0 amide bonds. The van der Waals surface area contributed by atoms with Crippen LogP contribution in [0.4, 0.5) is 13.2 Å². The lowest BCUT2D eigenvalue weighted by molar-refractivity contribution is -0.0517. The molecule has 0 saturated heterocycles. The van der Waals surface area contributed by atoms with Crippen LogP contribution in [0.2, 0.25) is 0 Å². The zero-order chi connectivity index (χ0) is 22.2. The van der Waals surface area contributed by atoms with Gasteiger partial charge in [-0.05, 0) is 48.1 Å². The molecule has 0 aliphatic heterocycles. The van der Waals surface area contributed by atoms with Crippen LogP contribution in [0.1, 0.15) is 25.3 Å². The van der Waals surface area contributed by atoms with Crippen molar-refractivity contribution in [1.29, 1.82) is 0 Å². The van der Waals surface area contributed by atoms with Gasteiger partial charge in [-0.1, -0.05) is 61.1 Å². The molecule has 0 bridgehead atoms. The third kappa shape index (κ3) is 7.16. The summed E-state index contributed by atoms with van der Waals surface area (Å²) in [5.74, 6) is 0. The van der Waals surface area contributed by atoms with Crippen molar-refractivity contribution in [2.75, 3.05) is 0 Å². The Morgan fingerprint density at radius 1 is 0.967 bits per heavy atom. The van der Waals surface area contributed by atoms with Crippen LogP contribution in [0.25, 0.3) is 0 Å². The van der Waals surface area contributed by atoms with Gasteiger partial charge in [0, 0.05) is 6.07 Å². The lowest BCUT2D eigenvalue weighted by atomic mass is 10.2. The molecule has 2 aromatic carbocycles. The van der Waals surface area contributed by atoms with E-state index in [1.54, 1.807) is 0 Å². The van der Waals surface area contributed by atoms with Gasteiger partial charge in [0.25, 0.3) is 0 Å². The zero-order valence-electron chi connectivity index (χ0n) is 16.1. The molecule has 1 heterocycles. The summed E-state index contributed by atoms with van der Waals surface area (Å²) in [4.78, 5) is 2.80. The molecule has 3 aromatic rings. The fraction of sp³-hybridized carbons (Fsp3) is 0.238. The van der Waals surface area contributed by atoms with Crippen LogP contribution >= 0.6 is 11.3 Å². The summed E-state index contributed by atoms with van der Waals surface area (Å²) in [5, 5.41) is 2.34. The number of unbranched alkanes of at least 4 members (excludes halogenated alkanes) is 1. The fourth-order valence-corrected chi connectivity index (χ4v) is 6.10. The summed E-state index contributed by atoms with van der Waals surface area (Å²) >= 11 is 1.91. The average Bonchev–Trinajstić information content (AvgIpc) is 3.16. The minimum Gasteiger partial charge on any atom is -0.741 e. The monoisotopic (exact) mass is 474 g/mol. The maximum Gasteiger partial charge on any atom is 0.485 e. The number of benzene rings is 2. The number of hydrogen-bond acceptors (Lipinski definition) is 4. The van der Waals surface area contributed by atoms with E-state index in [4.69, 9.17) is 13.0 Å². The second-order valence-electron chi connectivity index (χ2n) is 6.21. The molecular formula is C21H21F3O3S3. The highest BCUT2D eigenvalue weighted by atomic mass is 32.2. The maximum atomic E-state index is 10.7. The van der Waals surface area contributed by atoms with E-state index in [0.717, 1.165) is 0 Å². The molecule has 0 spiro atoms. The van der Waals surface area contributed by atoms with E-state index in [1.807, 2.05) is 11.3 Å². The number of aryl methyl sites for hydroxylation is 1. The van der Waals surface area contributed by atoms with Gasteiger partial charge in [-0.3, -0.25) is 0 Å². The van der Waals surface area contributed by atoms with E-state index in [2.05, 4.69) is 79.0 Å². The minimum absolute atomic E-state index is 0.0192. The van der Waals surface area contributed by atoms with E-state index < -0.39 is 15.6 Å². The molecule has 0 saturated carbocycles. The molecular weight excluding hydrogens is 453 g/mol. The molecule has 3 nitrogen and oxygen atoms in total. The highest BCUT2D eigenvalue weighted by Gasteiger charge is 2.37. The zero-order valence-corrected chi connectivity index (χ0v) is 18.6. The Bertz CT molecular complexity index is 962. The number of halogens is 3. The number of thiophene rings is 1. The molecule has 0 unspecified atom stereocenters. The topological polar surface area (TPSA) is 57.2 Å². The second-order valence-corrected chi connectivity index (χ2v) is 10.7. The lowest BCUT2D eigenvalue weighted by Crippen LogP contribution is -2.21. The Morgan fingerprint density at radius 3 is 1.83 bits per heavy atom. The van der Waals surface area contributed by atoms with Crippen molar-refractivity contribution in [3.8, 4) is 0 Å². The minimum atomic E-state index is -6.09. The third-order valence-corrected chi connectivity index (χ3v) is 8.02. The normalized spacial score (nSPS) is 11.8. The molecule has 0 aliphatic rings.